The Morgan fingerprint density at radius 2 is 1.65 bits per heavy atom. The fraction of sp³-hybridized carbons (Fsp3) is 0.200. The average Bonchev–Trinajstić information content (AvgIpc) is 2.42. The molecule has 0 aliphatic heterocycles. The normalized spacial score (nSPS) is 12.0. The molecule has 0 radical (unpaired) electrons. The lowest BCUT2D eigenvalue weighted by atomic mass is 10.2. The van der Waals surface area contributed by atoms with Gasteiger partial charge < -0.3 is 4.74 Å². The maximum absolute atomic E-state index is 11.7. The Hall–Kier alpha value is -1.85. The molecule has 0 fully saturated rings. The number of hydrogen-bond acceptors (Lipinski definition) is 2. The number of ether oxygens (including phenoxy) is 1. The lowest BCUT2D eigenvalue weighted by Gasteiger charge is -2.22. The fourth-order valence-electron chi connectivity index (χ4n) is 1.95. The first kappa shape index (κ1) is 14.6. The van der Waals surface area contributed by atoms with E-state index < -0.39 is 11.3 Å². The van der Waals surface area contributed by atoms with Crippen molar-refractivity contribution >= 4 is 22.6 Å². The summed E-state index contributed by atoms with van der Waals surface area (Å²) in [4.78, 5) is 0. The van der Waals surface area contributed by atoms with Crippen molar-refractivity contribution in [3.63, 3.8) is 0 Å². The van der Waals surface area contributed by atoms with Gasteiger partial charge in [-0.15, -0.1) is 0 Å². The van der Waals surface area contributed by atoms with E-state index in [9.17, 15) is 8.76 Å². The summed E-state index contributed by atoms with van der Waals surface area (Å²) in [6, 6.07) is 12.9. The number of anilines is 2. The fourth-order valence-corrected chi connectivity index (χ4v) is 2.57. The number of rotatable bonds is 4. The Bertz CT molecular complexity index is 626. The molecule has 0 spiro atoms. The van der Waals surface area contributed by atoms with E-state index in [0.29, 0.717) is 17.1 Å². The predicted octanol–water partition coefficient (Wildman–Crippen LogP) is 3.59. The van der Waals surface area contributed by atoms with Crippen LogP contribution in [0.15, 0.2) is 42.5 Å². The molecule has 0 saturated heterocycles. The summed E-state index contributed by atoms with van der Waals surface area (Å²) in [5, 5.41) is 0. The predicted molar refractivity (Wildman–Crippen MR) is 81.8 cm³/mol. The van der Waals surface area contributed by atoms with E-state index in [1.165, 1.54) is 4.31 Å². The first-order chi connectivity index (χ1) is 9.52. The van der Waals surface area contributed by atoms with E-state index in [0.717, 1.165) is 11.1 Å². The van der Waals surface area contributed by atoms with E-state index in [-0.39, 0.29) is 0 Å². The van der Waals surface area contributed by atoms with E-state index in [1.54, 1.807) is 13.2 Å². The lowest BCUT2D eigenvalue weighted by molar-refractivity contribution is 0.415. The SMILES string of the molecule is COc1cc(C)ccc1N(c1ccc(C)cc1)S(=O)O. The Labute approximate surface area is 121 Å². The van der Waals surface area contributed by atoms with Gasteiger partial charge in [0, 0.05) is 0 Å². The van der Waals surface area contributed by atoms with Gasteiger partial charge in [-0.05, 0) is 43.7 Å². The van der Waals surface area contributed by atoms with Crippen LogP contribution in [0.25, 0.3) is 0 Å². The zero-order chi connectivity index (χ0) is 14.7. The molecule has 20 heavy (non-hydrogen) atoms. The number of nitrogens with zero attached hydrogens (tertiary/aromatic N) is 1. The molecule has 1 unspecified atom stereocenters. The summed E-state index contributed by atoms with van der Waals surface area (Å²) in [7, 11) is 1.55. The van der Waals surface area contributed by atoms with Crippen molar-refractivity contribution in [2.75, 3.05) is 11.4 Å². The standard InChI is InChI=1S/C15H17NO3S/c1-11-4-7-13(8-5-11)16(20(17)18)14-9-6-12(2)10-15(14)19-3/h4-10H,1-3H3,(H,17,18). The third-order valence-electron chi connectivity index (χ3n) is 2.98. The van der Waals surface area contributed by atoms with Gasteiger partial charge in [-0.3, -0.25) is 4.55 Å². The molecule has 4 nitrogen and oxygen atoms in total. The minimum Gasteiger partial charge on any atom is -0.495 e. The molecule has 106 valence electrons. The minimum absolute atomic E-state index is 0.558. The smallest absolute Gasteiger partial charge is 0.266 e. The Balaban J connectivity index is 2.54. The molecular formula is C15H17NO3S. The molecule has 0 heterocycles. The molecule has 0 bridgehead atoms. The van der Waals surface area contributed by atoms with E-state index >= 15 is 0 Å². The van der Waals surface area contributed by atoms with Crippen LogP contribution in [-0.4, -0.2) is 15.9 Å². The van der Waals surface area contributed by atoms with Crippen LogP contribution in [-0.2, 0) is 11.3 Å². The Morgan fingerprint density at radius 3 is 2.20 bits per heavy atom. The highest BCUT2D eigenvalue weighted by Gasteiger charge is 2.19. The van der Waals surface area contributed by atoms with Crippen LogP contribution >= 0.6 is 0 Å². The molecular weight excluding hydrogens is 274 g/mol. The number of aryl methyl sites for hydroxylation is 2. The van der Waals surface area contributed by atoms with Gasteiger partial charge in [-0.25, -0.2) is 8.51 Å². The van der Waals surface area contributed by atoms with E-state index in [1.807, 2.05) is 50.2 Å². The van der Waals surface area contributed by atoms with Crippen molar-refractivity contribution in [1.29, 1.82) is 0 Å². The van der Waals surface area contributed by atoms with Crippen molar-refractivity contribution in [3.05, 3.63) is 53.6 Å². The van der Waals surface area contributed by atoms with E-state index in [4.69, 9.17) is 4.74 Å². The average molecular weight is 291 g/mol. The number of methoxy groups -OCH3 is 1. The van der Waals surface area contributed by atoms with Crippen LogP contribution in [0.3, 0.4) is 0 Å². The highest BCUT2D eigenvalue weighted by molar-refractivity contribution is 7.81. The molecule has 2 aromatic rings. The Morgan fingerprint density at radius 1 is 1.05 bits per heavy atom. The van der Waals surface area contributed by atoms with Gasteiger partial charge >= 0.3 is 0 Å². The van der Waals surface area contributed by atoms with Gasteiger partial charge in [-0.2, -0.15) is 0 Å². The van der Waals surface area contributed by atoms with Crippen molar-refractivity contribution in [3.8, 4) is 5.75 Å². The van der Waals surface area contributed by atoms with Crippen LogP contribution < -0.4 is 9.04 Å². The molecule has 2 aromatic carbocycles. The van der Waals surface area contributed by atoms with Crippen LogP contribution in [0.5, 0.6) is 5.75 Å². The second-order valence-electron chi connectivity index (χ2n) is 4.54. The zero-order valence-corrected chi connectivity index (χ0v) is 12.5. The van der Waals surface area contributed by atoms with Gasteiger partial charge in [0.25, 0.3) is 11.3 Å². The van der Waals surface area contributed by atoms with Crippen LogP contribution in [0.2, 0.25) is 0 Å². The number of hydrogen-bond donors (Lipinski definition) is 1. The highest BCUT2D eigenvalue weighted by atomic mass is 32.2. The second kappa shape index (κ2) is 6.07. The molecule has 2 rings (SSSR count). The zero-order valence-electron chi connectivity index (χ0n) is 11.7. The third kappa shape index (κ3) is 3.00. The van der Waals surface area contributed by atoms with Crippen molar-refractivity contribution in [1.82, 2.24) is 0 Å². The maximum Gasteiger partial charge on any atom is 0.266 e. The van der Waals surface area contributed by atoms with Gasteiger partial charge in [0.05, 0.1) is 18.5 Å². The largest absolute Gasteiger partial charge is 0.495 e. The van der Waals surface area contributed by atoms with Crippen molar-refractivity contribution in [2.45, 2.75) is 13.8 Å². The first-order valence-corrected chi connectivity index (χ1v) is 7.21. The molecule has 1 N–H and O–H groups in total. The molecule has 0 saturated carbocycles. The van der Waals surface area contributed by atoms with Gasteiger partial charge in [0.1, 0.15) is 5.75 Å². The summed E-state index contributed by atoms with van der Waals surface area (Å²) in [6.45, 7) is 3.91. The van der Waals surface area contributed by atoms with Crippen molar-refractivity contribution < 1.29 is 13.5 Å². The first-order valence-electron chi connectivity index (χ1n) is 6.15. The van der Waals surface area contributed by atoms with Crippen LogP contribution in [0, 0.1) is 13.8 Å². The molecule has 0 aliphatic carbocycles. The van der Waals surface area contributed by atoms with Crippen molar-refractivity contribution in [2.24, 2.45) is 0 Å². The van der Waals surface area contributed by atoms with Crippen LogP contribution in [0.4, 0.5) is 11.4 Å². The summed E-state index contributed by atoms with van der Waals surface area (Å²) >= 11 is -2.18. The molecule has 0 aliphatic rings. The number of benzene rings is 2. The molecule has 0 amide bonds. The summed E-state index contributed by atoms with van der Waals surface area (Å²) in [5.74, 6) is 0.563. The summed E-state index contributed by atoms with van der Waals surface area (Å²) < 4.78 is 28.0. The summed E-state index contributed by atoms with van der Waals surface area (Å²) in [5.41, 5.74) is 3.31. The van der Waals surface area contributed by atoms with Gasteiger partial charge in [0.2, 0.25) is 0 Å². The van der Waals surface area contributed by atoms with Crippen LogP contribution in [0.1, 0.15) is 11.1 Å². The maximum atomic E-state index is 11.7. The highest BCUT2D eigenvalue weighted by Crippen LogP contribution is 2.35. The van der Waals surface area contributed by atoms with Gasteiger partial charge in [0.15, 0.2) is 0 Å². The van der Waals surface area contributed by atoms with Gasteiger partial charge in [-0.1, -0.05) is 23.8 Å². The third-order valence-corrected chi connectivity index (χ3v) is 3.70. The Kier molecular flexibility index (Phi) is 4.42. The minimum atomic E-state index is -2.18. The quantitative estimate of drug-likeness (QED) is 0.876. The second-order valence-corrected chi connectivity index (χ2v) is 5.36. The molecule has 0 aromatic heterocycles. The van der Waals surface area contributed by atoms with E-state index in [2.05, 4.69) is 0 Å². The topological polar surface area (TPSA) is 49.8 Å². The monoisotopic (exact) mass is 291 g/mol. The lowest BCUT2D eigenvalue weighted by Crippen LogP contribution is -2.19. The molecule has 5 heteroatoms. The molecule has 1 atom stereocenters. The summed E-state index contributed by atoms with van der Waals surface area (Å²) in [6.07, 6.45) is 0.